The highest BCUT2D eigenvalue weighted by Crippen LogP contribution is 2.23. The number of halogens is 2. The minimum atomic E-state index is 0. The van der Waals surface area contributed by atoms with Crippen molar-refractivity contribution in [1.82, 2.24) is 15.5 Å². The molecule has 1 fully saturated rings. The smallest absolute Gasteiger partial charge is 0.222 e. The SMILES string of the molecule is CCNC(=NCc1ccc(Cl)cc1OC)NCCCN1CCCCCC1=O.I. The number of methoxy groups -OCH3 is 1. The molecule has 0 bridgehead atoms. The van der Waals surface area contributed by atoms with Gasteiger partial charge in [0.25, 0.3) is 0 Å². The zero-order valence-electron chi connectivity index (χ0n) is 16.8. The number of hydrogen-bond acceptors (Lipinski definition) is 3. The number of amides is 1. The number of hydrogen-bond donors (Lipinski definition) is 2. The normalized spacial score (nSPS) is 14.9. The van der Waals surface area contributed by atoms with E-state index in [2.05, 4.69) is 15.6 Å². The Bertz CT molecular complexity index is 643. The van der Waals surface area contributed by atoms with Gasteiger partial charge in [0.05, 0.1) is 13.7 Å². The first-order valence-corrected chi connectivity index (χ1v) is 10.1. The molecule has 158 valence electrons. The molecule has 0 unspecified atom stereocenters. The zero-order chi connectivity index (χ0) is 19.5. The molecule has 1 aliphatic heterocycles. The number of nitrogens with zero attached hydrogens (tertiary/aromatic N) is 2. The molecule has 1 saturated heterocycles. The van der Waals surface area contributed by atoms with Gasteiger partial charge >= 0.3 is 0 Å². The fourth-order valence-electron chi connectivity index (χ4n) is 3.11. The lowest BCUT2D eigenvalue weighted by Gasteiger charge is -2.20. The van der Waals surface area contributed by atoms with Gasteiger partial charge in [-0.3, -0.25) is 4.79 Å². The van der Waals surface area contributed by atoms with Gasteiger partial charge in [0.2, 0.25) is 5.91 Å². The van der Waals surface area contributed by atoms with E-state index >= 15 is 0 Å². The predicted octanol–water partition coefficient (Wildman–Crippen LogP) is 3.81. The molecule has 1 aromatic carbocycles. The first-order chi connectivity index (χ1) is 13.1. The minimum Gasteiger partial charge on any atom is -0.496 e. The van der Waals surface area contributed by atoms with Crippen molar-refractivity contribution in [3.8, 4) is 5.75 Å². The maximum absolute atomic E-state index is 12.0. The second-order valence-corrected chi connectivity index (χ2v) is 7.06. The number of carbonyl (C=O) groups excluding carboxylic acids is 1. The van der Waals surface area contributed by atoms with Crippen molar-refractivity contribution < 1.29 is 9.53 Å². The topological polar surface area (TPSA) is 66.0 Å². The molecule has 1 heterocycles. The van der Waals surface area contributed by atoms with Crippen LogP contribution in [0.1, 0.15) is 44.6 Å². The van der Waals surface area contributed by atoms with Crippen molar-refractivity contribution in [2.24, 2.45) is 4.99 Å². The van der Waals surface area contributed by atoms with Gasteiger partial charge in [-0.15, -0.1) is 24.0 Å². The minimum absolute atomic E-state index is 0. The molecular formula is C20H32ClIN4O2. The number of carbonyl (C=O) groups is 1. The number of likely N-dealkylation sites (tertiary alicyclic amines) is 1. The van der Waals surface area contributed by atoms with Gasteiger partial charge in [0.15, 0.2) is 5.96 Å². The van der Waals surface area contributed by atoms with Gasteiger partial charge in [-0.25, -0.2) is 4.99 Å². The summed E-state index contributed by atoms with van der Waals surface area (Å²) in [5.41, 5.74) is 0.981. The van der Waals surface area contributed by atoms with E-state index in [9.17, 15) is 4.79 Å². The number of aliphatic imine (C=N–C) groups is 1. The van der Waals surface area contributed by atoms with Gasteiger partial charge in [0.1, 0.15) is 5.75 Å². The predicted molar refractivity (Wildman–Crippen MR) is 126 cm³/mol. The van der Waals surface area contributed by atoms with Crippen LogP contribution in [-0.4, -0.2) is 50.1 Å². The molecule has 0 atom stereocenters. The van der Waals surface area contributed by atoms with Crippen LogP contribution >= 0.6 is 35.6 Å². The van der Waals surface area contributed by atoms with Gasteiger partial charge in [0, 0.05) is 43.2 Å². The molecule has 1 amide bonds. The summed E-state index contributed by atoms with van der Waals surface area (Å²) in [5, 5.41) is 7.24. The Morgan fingerprint density at radius 3 is 2.86 bits per heavy atom. The molecule has 0 aromatic heterocycles. The third kappa shape index (κ3) is 8.43. The lowest BCUT2D eigenvalue weighted by molar-refractivity contribution is -0.130. The van der Waals surface area contributed by atoms with E-state index in [0.717, 1.165) is 69.1 Å². The second-order valence-electron chi connectivity index (χ2n) is 6.62. The molecule has 1 aromatic rings. The lowest BCUT2D eigenvalue weighted by Crippen LogP contribution is -2.39. The number of ether oxygens (including phenoxy) is 1. The molecule has 0 saturated carbocycles. The van der Waals surface area contributed by atoms with E-state index < -0.39 is 0 Å². The van der Waals surface area contributed by atoms with Gasteiger partial charge in [-0.2, -0.15) is 0 Å². The molecule has 28 heavy (non-hydrogen) atoms. The first kappa shape index (κ1) is 24.8. The van der Waals surface area contributed by atoms with Crippen LogP contribution in [0.3, 0.4) is 0 Å². The van der Waals surface area contributed by atoms with E-state index in [1.54, 1.807) is 13.2 Å². The fourth-order valence-corrected chi connectivity index (χ4v) is 3.27. The summed E-state index contributed by atoms with van der Waals surface area (Å²) >= 11 is 6.01. The zero-order valence-corrected chi connectivity index (χ0v) is 19.9. The Labute approximate surface area is 190 Å². The van der Waals surface area contributed by atoms with Crippen LogP contribution in [0.15, 0.2) is 23.2 Å². The molecule has 1 aliphatic rings. The van der Waals surface area contributed by atoms with Crippen molar-refractivity contribution in [2.75, 3.05) is 33.3 Å². The third-order valence-corrected chi connectivity index (χ3v) is 4.80. The number of benzene rings is 1. The molecule has 0 spiro atoms. The largest absolute Gasteiger partial charge is 0.496 e. The molecule has 2 N–H and O–H groups in total. The third-order valence-electron chi connectivity index (χ3n) is 4.57. The Hall–Kier alpha value is -1.22. The van der Waals surface area contributed by atoms with Crippen molar-refractivity contribution in [3.63, 3.8) is 0 Å². The highest BCUT2D eigenvalue weighted by atomic mass is 127. The Balaban J connectivity index is 0.00000392. The van der Waals surface area contributed by atoms with Crippen LogP contribution < -0.4 is 15.4 Å². The average Bonchev–Trinajstić information content (AvgIpc) is 2.87. The van der Waals surface area contributed by atoms with Gasteiger partial charge in [-0.1, -0.05) is 24.1 Å². The van der Waals surface area contributed by atoms with E-state index in [0.29, 0.717) is 23.9 Å². The van der Waals surface area contributed by atoms with E-state index in [1.807, 2.05) is 24.0 Å². The summed E-state index contributed by atoms with van der Waals surface area (Å²) in [5.74, 6) is 1.79. The van der Waals surface area contributed by atoms with Crippen LogP contribution in [0.4, 0.5) is 0 Å². The van der Waals surface area contributed by atoms with Crippen LogP contribution in [0, 0.1) is 0 Å². The standard InChI is InChI=1S/C20H31ClN4O2.HI/c1-3-22-20(24-15-16-9-10-17(21)14-18(16)27-2)23-11-7-13-25-12-6-4-5-8-19(25)26;/h9-10,14H,3-8,11-13,15H2,1-2H3,(H2,22,23,24);1H. The maximum Gasteiger partial charge on any atom is 0.222 e. The van der Waals surface area contributed by atoms with Gasteiger partial charge in [-0.05, 0) is 38.3 Å². The summed E-state index contributed by atoms with van der Waals surface area (Å²) in [6.07, 6.45) is 4.90. The van der Waals surface area contributed by atoms with Crippen LogP contribution in [0.25, 0.3) is 0 Å². The highest BCUT2D eigenvalue weighted by Gasteiger charge is 2.15. The van der Waals surface area contributed by atoms with Crippen LogP contribution in [0.2, 0.25) is 5.02 Å². The maximum atomic E-state index is 12.0. The van der Waals surface area contributed by atoms with Crippen LogP contribution in [-0.2, 0) is 11.3 Å². The monoisotopic (exact) mass is 522 g/mol. The van der Waals surface area contributed by atoms with E-state index in [1.165, 1.54) is 0 Å². The number of nitrogens with one attached hydrogen (secondary N) is 2. The Kier molecular flexibility index (Phi) is 12.3. The van der Waals surface area contributed by atoms with Crippen LogP contribution in [0.5, 0.6) is 5.75 Å². The Morgan fingerprint density at radius 2 is 2.11 bits per heavy atom. The van der Waals surface area contributed by atoms with Crippen molar-refractivity contribution >= 4 is 47.4 Å². The quantitative estimate of drug-likeness (QED) is 0.236. The Morgan fingerprint density at radius 1 is 1.29 bits per heavy atom. The van der Waals surface area contributed by atoms with Crippen molar-refractivity contribution in [3.05, 3.63) is 28.8 Å². The number of guanidine groups is 1. The van der Waals surface area contributed by atoms with E-state index in [-0.39, 0.29) is 24.0 Å². The second kappa shape index (κ2) is 13.9. The van der Waals surface area contributed by atoms with E-state index in [4.69, 9.17) is 16.3 Å². The lowest BCUT2D eigenvalue weighted by atomic mass is 10.2. The van der Waals surface area contributed by atoms with Crippen molar-refractivity contribution in [1.29, 1.82) is 0 Å². The average molecular weight is 523 g/mol. The van der Waals surface area contributed by atoms with Gasteiger partial charge < -0.3 is 20.3 Å². The molecule has 0 aliphatic carbocycles. The number of rotatable bonds is 8. The molecule has 0 radical (unpaired) electrons. The summed E-state index contributed by atoms with van der Waals surface area (Å²) < 4.78 is 5.37. The molecule has 8 heteroatoms. The summed E-state index contributed by atoms with van der Waals surface area (Å²) in [4.78, 5) is 18.7. The summed E-state index contributed by atoms with van der Waals surface area (Å²) in [6, 6.07) is 5.57. The molecule has 6 nitrogen and oxygen atoms in total. The summed E-state index contributed by atoms with van der Waals surface area (Å²) in [7, 11) is 1.63. The molecular weight excluding hydrogens is 491 g/mol. The van der Waals surface area contributed by atoms with Crippen molar-refractivity contribution in [2.45, 2.75) is 45.6 Å². The first-order valence-electron chi connectivity index (χ1n) is 9.76. The fraction of sp³-hybridized carbons (Fsp3) is 0.600. The molecule has 2 rings (SSSR count). The summed E-state index contributed by atoms with van der Waals surface area (Å²) in [6.45, 7) is 5.79. The highest BCUT2D eigenvalue weighted by molar-refractivity contribution is 14.0.